The summed E-state index contributed by atoms with van der Waals surface area (Å²) in [5, 5.41) is 3.09. The molecule has 0 aliphatic carbocycles. The molecular formula is C10H15N3O. The Bertz CT molecular complexity index is 325. The number of anilines is 1. The summed E-state index contributed by atoms with van der Waals surface area (Å²) in [6.07, 6.45) is 1.79. The lowest BCUT2D eigenvalue weighted by molar-refractivity contribution is 0.397. The van der Waals surface area contributed by atoms with Crippen LogP contribution in [0.4, 0.5) is 5.95 Å². The fourth-order valence-corrected chi connectivity index (χ4v) is 0.971. The molecule has 0 aliphatic rings. The Labute approximate surface area is 84.0 Å². The van der Waals surface area contributed by atoms with E-state index in [1.807, 2.05) is 13.8 Å². The molecule has 1 aromatic rings. The van der Waals surface area contributed by atoms with E-state index in [1.54, 1.807) is 19.3 Å². The van der Waals surface area contributed by atoms with Gasteiger partial charge in [-0.2, -0.15) is 4.98 Å². The smallest absolute Gasteiger partial charge is 0.226 e. The SMILES string of the molecule is C=CC(C)Nc1nc(C)cc(OC)n1. The van der Waals surface area contributed by atoms with Crippen LogP contribution in [-0.2, 0) is 0 Å². The average molecular weight is 193 g/mol. The van der Waals surface area contributed by atoms with Gasteiger partial charge in [0.1, 0.15) is 0 Å². The molecule has 0 amide bonds. The molecule has 0 saturated carbocycles. The Balaban J connectivity index is 2.86. The Morgan fingerprint density at radius 1 is 1.57 bits per heavy atom. The van der Waals surface area contributed by atoms with Crippen LogP contribution in [0.15, 0.2) is 18.7 Å². The minimum Gasteiger partial charge on any atom is -0.481 e. The van der Waals surface area contributed by atoms with Crippen LogP contribution in [-0.4, -0.2) is 23.1 Å². The summed E-state index contributed by atoms with van der Waals surface area (Å²) in [7, 11) is 1.59. The van der Waals surface area contributed by atoms with Crippen LogP contribution >= 0.6 is 0 Å². The van der Waals surface area contributed by atoms with Gasteiger partial charge in [-0.3, -0.25) is 0 Å². The molecule has 1 N–H and O–H groups in total. The predicted octanol–water partition coefficient (Wildman–Crippen LogP) is 1.78. The summed E-state index contributed by atoms with van der Waals surface area (Å²) < 4.78 is 5.03. The Morgan fingerprint density at radius 3 is 2.86 bits per heavy atom. The lowest BCUT2D eigenvalue weighted by Crippen LogP contribution is -2.14. The van der Waals surface area contributed by atoms with Crippen molar-refractivity contribution < 1.29 is 4.74 Å². The molecule has 4 heteroatoms. The molecule has 0 aromatic carbocycles. The number of methoxy groups -OCH3 is 1. The van der Waals surface area contributed by atoms with E-state index >= 15 is 0 Å². The number of hydrogen-bond acceptors (Lipinski definition) is 4. The average Bonchev–Trinajstić information content (AvgIpc) is 2.16. The largest absolute Gasteiger partial charge is 0.481 e. The van der Waals surface area contributed by atoms with E-state index < -0.39 is 0 Å². The van der Waals surface area contributed by atoms with Gasteiger partial charge in [-0.05, 0) is 13.8 Å². The number of aryl methyl sites for hydroxylation is 1. The lowest BCUT2D eigenvalue weighted by atomic mass is 10.3. The Morgan fingerprint density at radius 2 is 2.29 bits per heavy atom. The number of aromatic nitrogens is 2. The maximum Gasteiger partial charge on any atom is 0.226 e. The molecule has 1 heterocycles. The highest BCUT2D eigenvalue weighted by Gasteiger charge is 2.03. The topological polar surface area (TPSA) is 47.0 Å². The third kappa shape index (κ3) is 2.73. The zero-order chi connectivity index (χ0) is 10.6. The number of hydrogen-bond donors (Lipinski definition) is 1. The van der Waals surface area contributed by atoms with Gasteiger partial charge in [-0.25, -0.2) is 4.98 Å². The maximum atomic E-state index is 5.03. The van der Waals surface area contributed by atoms with Crippen LogP contribution < -0.4 is 10.1 Å². The molecule has 0 spiro atoms. The van der Waals surface area contributed by atoms with E-state index in [1.165, 1.54) is 0 Å². The van der Waals surface area contributed by atoms with E-state index in [2.05, 4.69) is 21.9 Å². The van der Waals surface area contributed by atoms with Gasteiger partial charge in [-0.15, -0.1) is 6.58 Å². The minimum absolute atomic E-state index is 0.140. The number of nitrogens with zero attached hydrogens (tertiary/aromatic N) is 2. The second kappa shape index (κ2) is 4.60. The normalized spacial score (nSPS) is 11.9. The Hall–Kier alpha value is -1.58. The molecule has 14 heavy (non-hydrogen) atoms. The molecule has 0 bridgehead atoms. The minimum atomic E-state index is 0.140. The van der Waals surface area contributed by atoms with Gasteiger partial charge in [0.15, 0.2) is 0 Å². The van der Waals surface area contributed by atoms with Crippen LogP contribution in [0.3, 0.4) is 0 Å². The van der Waals surface area contributed by atoms with Gasteiger partial charge in [0, 0.05) is 17.8 Å². The van der Waals surface area contributed by atoms with E-state index in [0.29, 0.717) is 11.8 Å². The summed E-state index contributed by atoms with van der Waals surface area (Å²) >= 11 is 0. The highest BCUT2D eigenvalue weighted by molar-refractivity contribution is 5.32. The van der Waals surface area contributed by atoms with E-state index in [-0.39, 0.29) is 6.04 Å². The fourth-order valence-electron chi connectivity index (χ4n) is 0.971. The van der Waals surface area contributed by atoms with Crippen molar-refractivity contribution in [1.82, 2.24) is 9.97 Å². The zero-order valence-corrected chi connectivity index (χ0v) is 8.74. The van der Waals surface area contributed by atoms with Crippen molar-refractivity contribution in [3.8, 4) is 5.88 Å². The highest BCUT2D eigenvalue weighted by Crippen LogP contribution is 2.11. The summed E-state index contributed by atoms with van der Waals surface area (Å²) in [6.45, 7) is 7.55. The summed E-state index contributed by atoms with van der Waals surface area (Å²) in [5.74, 6) is 1.13. The number of nitrogens with one attached hydrogen (secondary N) is 1. The molecule has 1 rings (SSSR count). The first-order valence-electron chi connectivity index (χ1n) is 4.44. The van der Waals surface area contributed by atoms with Gasteiger partial charge < -0.3 is 10.1 Å². The van der Waals surface area contributed by atoms with Crippen LogP contribution in [0.25, 0.3) is 0 Å². The van der Waals surface area contributed by atoms with Crippen LogP contribution in [0.2, 0.25) is 0 Å². The third-order valence-electron chi connectivity index (χ3n) is 1.75. The van der Waals surface area contributed by atoms with Crippen molar-refractivity contribution in [2.24, 2.45) is 0 Å². The van der Waals surface area contributed by atoms with E-state index in [4.69, 9.17) is 4.74 Å². The first-order chi connectivity index (χ1) is 6.65. The molecule has 76 valence electrons. The summed E-state index contributed by atoms with van der Waals surface area (Å²) in [4.78, 5) is 8.37. The van der Waals surface area contributed by atoms with Gasteiger partial charge in [0.2, 0.25) is 11.8 Å². The van der Waals surface area contributed by atoms with E-state index in [0.717, 1.165) is 5.69 Å². The van der Waals surface area contributed by atoms with Crippen molar-refractivity contribution in [2.75, 3.05) is 12.4 Å². The third-order valence-corrected chi connectivity index (χ3v) is 1.75. The second-order valence-corrected chi connectivity index (χ2v) is 3.04. The van der Waals surface area contributed by atoms with Gasteiger partial charge in [0.05, 0.1) is 7.11 Å². The molecule has 0 aliphatic heterocycles. The number of rotatable bonds is 4. The molecule has 0 saturated heterocycles. The highest BCUT2D eigenvalue weighted by atomic mass is 16.5. The monoisotopic (exact) mass is 193 g/mol. The van der Waals surface area contributed by atoms with Gasteiger partial charge >= 0.3 is 0 Å². The van der Waals surface area contributed by atoms with Crippen LogP contribution in [0, 0.1) is 6.92 Å². The summed E-state index contributed by atoms with van der Waals surface area (Å²) in [5.41, 5.74) is 0.871. The van der Waals surface area contributed by atoms with Crippen LogP contribution in [0.1, 0.15) is 12.6 Å². The van der Waals surface area contributed by atoms with Crippen molar-refractivity contribution in [3.63, 3.8) is 0 Å². The van der Waals surface area contributed by atoms with Crippen molar-refractivity contribution in [3.05, 3.63) is 24.4 Å². The molecule has 1 unspecified atom stereocenters. The van der Waals surface area contributed by atoms with Crippen molar-refractivity contribution in [1.29, 1.82) is 0 Å². The first kappa shape index (κ1) is 10.5. The second-order valence-electron chi connectivity index (χ2n) is 3.04. The lowest BCUT2D eigenvalue weighted by Gasteiger charge is -2.10. The first-order valence-corrected chi connectivity index (χ1v) is 4.44. The molecule has 0 fully saturated rings. The standard InChI is InChI=1S/C10H15N3O/c1-5-7(2)11-10-12-8(3)6-9(13-10)14-4/h5-7H,1H2,2-4H3,(H,11,12,13). The van der Waals surface area contributed by atoms with Gasteiger partial charge in [0.25, 0.3) is 0 Å². The molecule has 0 radical (unpaired) electrons. The molecule has 1 aromatic heterocycles. The van der Waals surface area contributed by atoms with Gasteiger partial charge in [-0.1, -0.05) is 6.08 Å². The maximum absolute atomic E-state index is 5.03. The van der Waals surface area contributed by atoms with E-state index in [9.17, 15) is 0 Å². The predicted molar refractivity (Wildman–Crippen MR) is 56.6 cm³/mol. The molecule has 4 nitrogen and oxygen atoms in total. The molecule has 1 atom stereocenters. The summed E-state index contributed by atoms with van der Waals surface area (Å²) in [6, 6.07) is 1.92. The number of ether oxygens (including phenoxy) is 1. The molecular weight excluding hydrogens is 178 g/mol. The fraction of sp³-hybridized carbons (Fsp3) is 0.400. The van der Waals surface area contributed by atoms with Crippen molar-refractivity contribution >= 4 is 5.95 Å². The zero-order valence-electron chi connectivity index (χ0n) is 8.74. The quantitative estimate of drug-likeness (QED) is 0.740. The van der Waals surface area contributed by atoms with Crippen LogP contribution in [0.5, 0.6) is 5.88 Å². The van der Waals surface area contributed by atoms with Crippen molar-refractivity contribution in [2.45, 2.75) is 19.9 Å². The Kier molecular flexibility index (Phi) is 3.45.